The molecule has 0 amide bonds. The van der Waals surface area contributed by atoms with Crippen molar-refractivity contribution in [2.24, 2.45) is 0 Å². The van der Waals surface area contributed by atoms with Gasteiger partial charge in [-0.3, -0.25) is 4.79 Å². The molecule has 0 aromatic carbocycles. The lowest BCUT2D eigenvalue weighted by Crippen LogP contribution is -2.34. The van der Waals surface area contributed by atoms with Crippen LogP contribution >= 0.6 is 11.3 Å². The van der Waals surface area contributed by atoms with E-state index < -0.39 is 20.9 Å². The van der Waals surface area contributed by atoms with Crippen molar-refractivity contribution in [3.8, 4) is 0 Å². The summed E-state index contributed by atoms with van der Waals surface area (Å²) in [5, 5.41) is 8.73. The maximum absolute atomic E-state index is 11.7. The Kier molecular flexibility index (Phi) is 3.66. The zero-order valence-corrected chi connectivity index (χ0v) is 9.91. The quantitative estimate of drug-likeness (QED) is 0.666. The highest BCUT2D eigenvalue weighted by Gasteiger charge is 2.22. The second-order valence-corrected chi connectivity index (χ2v) is 6.02. The molecule has 0 radical (unpaired) electrons. The normalized spacial score (nSPS) is 14.1. The number of rotatable bonds is 4. The topological polar surface area (TPSA) is 99.3 Å². The first-order valence-corrected chi connectivity index (χ1v) is 6.49. The number of hydrogen-bond acceptors (Lipinski definition) is 5. The lowest BCUT2D eigenvalue weighted by atomic mass is 10.4. The van der Waals surface area contributed by atoms with Crippen molar-refractivity contribution in [2.45, 2.75) is 24.1 Å². The molecule has 1 heterocycles. The van der Waals surface area contributed by atoms with E-state index in [9.17, 15) is 13.2 Å². The first kappa shape index (κ1) is 12.4. The van der Waals surface area contributed by atoms with Crippen molar-refractivity contribution in [3.63, 3.8) is 0 Å². The molecule has 0 saturated carbocycles. The molecular formula is C7H12N2O4S2. The van der Waals surface area contributed by atoms with Gasteiger partial charge in [0.15, 0.2) is 4.21 Å². The Morgan fingerprint density at radius 3 is 2.60 bits per heavy atom. The molecule has 1 atom stereocenters. The van der Waals surface area contributed by atoms with Gasteiger partial charge in [-0.1, -0.05) is 11.3 Å². The smallest absolute Gasteiger partial charge is 0.305 e. The first-order valence-electron chi connectivity index (χ1n) is 4.19. The highest BCUT2D eigenvalue weighted by atomic mass is 32.2. The monoisotopic (exact) mass is 252 g/mol. The molecule has 1 aromatic rings. The molecule has 1 rings (SSSR count). The summed E-state index contributed by atoms with van der Waals surface area (Å²) in [5.74, 6) is 0. The van der Waals surface area contributed by atoms with Gasteiger partial charge in [0.1, 0.15) is 0 Å². The van der Waals surface area contributed by atoms with Crippen LogP contribution in [-0.4, -0.2) is 31.2 Å². The molecule has 3 N–H and O–H groups in total. The number of hydrogen-bond donors (Lipinski definition) is 3. The lowest BCUT2D eigenvalue weighted by molar-refractivity contribution is 0.265. The van der Waals surface area contributed by atoms with Crippen LogP contribution in [0.4, 0.5) is 0 Å². The third-order valence-electron chi connectivity index (χ3n) is 1.66. The Balaban J connectivity index is 3.06. The molecule has 0 fully saturated rings. The minimum atomic E-state index is -3.70. The van der Waals surface area contributed by atoms with Crippen LogP contribution in [0.25, 0.3) is 0 Å². The van der Waals surface area contributed by atoms with E-state index in [-0.39, 0.29) is 10.8 Å². The van der Waals surface area contributed by atoms with Gasteiger partial charge in [-0.15, -0.1) is 0 Å². The summed E-state index contributed by atoms with van der Waals surface area (Å²) < 4.78 is 25.5. The highest BCUT2D eigenvalue weighted by Crippen LogP contribution is 2.15. The number of sulfonamides is 1. The fourth-order valence-corrected chi connectivity index (χ4v) is 3.55. The standard InChI is InChI=1S/C7H12N2O4S2/c1-4(3-10)9-15(12,13)6-5(2)8-7(11)14-6/h4,9-10H,3H2,1-2H3,(H,8,11)/t4-/m1/s1. The number of nitrogens with one attached hydrogen (secondary N) is 2. The van der Waals surface area contributed by atoms with Crippen LogP contribution in [0, 0.1) is 6.92 Å². The van der Waals surface area contributed by atoms with Gasteiger partial charge in [0.05, 0.1) is 6.61 Å². The number of aromatic amines is 1. The van der Waals surface area contributed by atoms with Crippen LogP contribution in [0.5, 0.6) is 0 Å². The van der Waals surface area contributed by atoms with E-state index in [0.717, 1.165) is 0 Å². The van der Waals surface area contributed by atoms with E-state index in [2.05, 4.69) is 9.71 Å². The maximum Gasteiger partial charge on any atom is 0.305 e. The summed E-state index contributed by atoms with van der Waals surface area (Å²) >= 11 is 0.631. The largest absolute Gasteiger partial charge is 0.395 e. The summed E-state index contributed by atoms with van der Waals surface area (Å²) in [6, 6.07) is -0.577. The third kappa shape index (κ3) is 2.88. The first-order chi connectivity index (χ1) is 6.86. The van der Waals surface area contributed by atoms with E-state index in [0.29, 0.717) is 17.0 Å². The minimum absolute atomic E-state index is 0.0344. The van der Waals surface area contributed by atoms with Crippen LogP contribution in [0.1, 0.15) is 12.6 Å². The Morgan fingerprint density at radius 1 is 1.60 bits per heavy atom. The van der Waals surface area contributed by atoms with E-state index in [4.69, 9.17) is 5.11 Å². The van der Waals surface area contributed by atoms with E-state index in [1.165, 1.54) is 13.8 Å². The molecule has 0 aliphatic rings. The molecule has 0 aliphatic carbocycles. The fraction of sp³-hybridized carbons (Fsp3) is 0.571. The van der Waals surface area contributed by atoms with Crippen molar-refractivity contribution in [2.75, 3.05) is 6.61 Å². The van der Waals surface area contributed by atoms with Crippen LogP contribution in [-0.2, 0) is 10.0 Å². The molecular weight excluding hydrogens is 240 g/mol. The van der Waals surface area contributed by atoms with Gasteiger partial charge in [0, 0.05) is 11.7 Å². The molecule has 86 valence electrons. The van der Waals surface area contributed by atoms with Crippen LogP contribution in [0.15, 0.2) is 9.00 Å². The Hall–Kier alpha value is -0.700. The zero-order valence-electron chi connectivity index (χ0n) is 8.27. The molecule has 0 saturated heterocycles. The molecule has 0 spiro atoms. The van der Waals surface area contributed by atoms with Crippen molar-refractivity contribution in [1.82, 2.24) is 9.71 Å². The summed E-state index contributed by atoms with van der Waals surface area (Å²) in [6.45, 7) is 2.75. The lowest BCUT2D eigenvalue weighted by Gasteiger charge is -2.09. The molecule has 0 unspecified atom stereocenters. The van der Waals surface area contributed by atoms with Gasteiger partial charge in [0.25, 0.3) is 10.0 Å². The molecule has 0 bridgehead atoms. The number of aliphatic hydroxyl groups excluding tert-OH is 1. The average molecular weight is 252 g/mol. The SMILES string of the molecule is Cc1[nH]c(=O)sc1S(=O)(=O)N[C@H](C)CO. The minimum Gasteiger partial charge on any atom is -0.395 e. The highest BCUT2D eigenvalue weighted by molar-refractivity contribution is 7.91. The predicted octanol–water partition coefficient (Wildman–Crippen LogP) is -0.596. The summed E-state index contributed by atoms with van der Waals surface area (Å²) in [7, 11) is -3.70. The van der Waals surface area contributed by atoms with Crippen molar-refractivity contribution in [3.05, 3.63) is 15.4 Å². The van der Waals surface area contributed by atoms with Gasteiger partial charge in [-0.2, -0.15) is 0 Å². The van der Waals surface area contributed by atoms with E-state index in [1.807, 2.05) is 0 Å². The van der Waals surface area contributed by atoms with Gasteiger partial charge in [-0.25, -0.2) is 13.1 Å². The van der Waals surface area contributed by atoms with Crippen molar-refractivity contribution < 1.29 is 13.5 Å². The third-order valence-corrected chi connectivity index (χ3v) is 4.85. The Morgan fingerprint density at radius 2 is 2.20 bits per heavy atom. The van der Waals surface area contributed by atoms with Crippen LogP contribution < -0.4 is 9.60 Å². The fourth-order valence-electron chi connectivity index (χ4n) is 1.00. The van der Waals surface area contributed by atoms with Gasteiger partial charge in [-0.05, 0) is 13.8 Å². The number of H-pyrrole nitrogens is 1. The van der Waals surface area contributed by atoms with Gasteiger partial charge in [0.2, 0.25) is 0 Å². The molecule has 6 nitrogen and oxygen atoms in total. The van der Waals surface area contributed by atoms with E-state index >= 15 is 0 Å². The molecule has 0 aliphatic heterocycles. The predicted molar refractivity (Wildman–Crippen MR) is 56.5 cm³/mol. The summed E-state index contributed by atoms with van der Waals surface area (Å²) in [4.78, 5) is 12.9. The number of aryl methyl sites for hydroxylation is 1. The number of aromatic nitrogens is 1. The second-order valence-electron chi connectivity index (χ2n) is 3.13. The molecule has 15 heavy (non-hydrogen) atoms. The molecule has 8 heteroatoms. The summed E-state index contributed by atoms with van der Waals surface area (Å²) in [5.41, 5.74) is 0.308. The van der Waals surface area contributed by atoms with Crippen molar-refractivity contribution >= 4 is 21.4 Å². The molecule has 1 aromatic heterocycles. The van der Waals surface area contributed by atoms with Gasteiger partial charge < -0.3 is 10.1 Å². The zero-order chi connectivity index (χ0) is 11.6. The van der Waals surface area contributed by atoms with Crippen molar-refractivity contribution in [1.29, 1.82) is 0 Å². The second kappa shape index (κ2) is 4.44. The number of aliphatic hydroxyl groups is 1. The van der Waals surface area contributed by atoms with E-state index in [1.54, 1.807) is 0 Å². The van der Waals surface area contributed by atoms with Crippen LogP contribution in [0.3, 0.4) is 0 Å². The average Bonchev–Trinajstić information content (AvgIpc) is 2.45. The Bertz CT molecular complexity index is 487. The van der Waals surface area contributed by atoms with Crippen LogP contribution in [0.2, 0.25) is 0 Å². The van der Waals surface area contributed by atoms with Gasteiger partial charge >= 0.3 is 4.87 Å². The number of thiazole rings is 1. The maximum atomic E-state index is 11.7. The summed E-state index contributed by atoms with van der Waals surface area (Å²) in [6.07, 6.45) is 0. The Labute approximate surface area is 91.0 Å².